The Hall–Kier alpha value is -2.49. The highest BCUT2D eigenvalue weighted by Crippen LogP contribution is 2.25. The fourth-order valence-corrected chi connectivity index (χ4v) is 3.37. The first-order chi connectivity index (χ1) is 12.6. The van der Waals surface area contributed by atoms with Crippen molar-refractivity contribution in [3.63, 3.8) is 0 Å². The van der Waals surface area contributed by atoms with Crippen molar-refractivity contribution in [2.45, 2.75) is 51.7 Å². The molecular formula is C22H27NO3. The molecule has 0 aromatic heterocycles. The Morgan fingerprint density at radius 3 is 2.50 bits per heavy atom. The molecule has 0 spiro atoms. The highest BCUT2D eigenvalue weighted by atomic mass is 16.5. The molecule has 2 unspecified atom stereocenters. The predicted octanol–water partition coefficient (Wildman–Crippen LogP) is 4.22. The summed E-state index contributed by atoms with van der Waals surface area (Å²) in [5.41, 5.74) is 4.02. The van der Waals surface area contributed by atoms with Gasteiger partial charge in [0.15, 0.2) is 6.10 Å². The average molecular weight is 353 g/mol. The van der Waals surface area contributed by atoms with E-state index in [2.05, 4.69) is 23.5 Å². The second-order valence-electron chi connectivity index (χ2n) is 6.90. The minimum absolute atomic E-state index is 0.0499. The number of amides is 1. The SMILES string of the molecule is COc1cccc(OC(C)C(=O)NC(C)c2ccc3c(c2)CCCC3)c1. The van der Waals surface area contributed by atoms with Gasteiger partial charge in [-0.3, -0.25) is 4.79 Å². The van der Waals surface area contributed by atoms with E-state index in [0.29, 0.717) is 11.5 Å². The predicted molar refractivity (Wildman–Crippen MR) is 103 cm³/mol. The third-order valence-corrected chi connectivity index (χ3v) is 4.95. The zero-order chi connectivity index (χ0) is 18.5. The number of carbonyl (C=O) groups excluding carboxylic acids is 1. The van der Waals surface area contributed by atoms with Crippen LogP contribution in [-0.2, 0) is 17.6 Å². The molecule has 4 heteroatoms. The summed E-state index contributed by atoms with van der Waals surface area (Å²) < 4.78 is 10.9. The zero-order valence-electron chi connectivity index (χ0n) is 15.7. The Morgan fingerprint density at radius 2 is 1.73 bits per heavy atom. The van der Waals surface area contributed by atoms with Crippen LogP contribution in [0, 0.1) is 0 Å². The topological polar surface area (TPSA) is 47.6 Å². The monoisotopic (exact) mass is 353 g/mol. The van der Waals surface area contributed by atoms with E-state index in [1.54, 1.807) is 20.1 Å². The van der Waals surface area contributed by atoms with Crippen LogP contribution in [0.15, 0.2) is 42.5 Å². The summed E-state index contributed by atoms with van der Waals surface area (Å²) in [5.74, 6) is 1.20. The molecule has 1 aliphatic carbocycles. The van der Waals surface area contributed by atoms with E-state index < -0.39 is 6.10 Å². The lowest BCUT2D eigenvalue weighted by Crippen LogP contribution is -2.37. The molecule has 1 amide bonds. The van der Waals surface area contributed by atoms with Crippen molar-refractivity contribution < 1.29 is 14.3 Å². The lowest BCUT2D eigenvalue weighted by Gasteiger charge is -2.22. The van der Waals surface area contributed by atoms with Crippen molar-refractivity contribution in [2.24, 2.45) is 0 Å². The number of nitrogens with one attached hydrogen (secondary N) is 1. The van der Waals surface area contributed by atoms with Crippen LogP contribution in [0.2, 0.25) is 0 Å². The molecule has 0 saturated carbocycles. The smallest absolute Gasteiger partial charge is 0.261 e. The molecular weight excluding hydrogens is 326 g/mol. The van der Waals surface area contributed by atoms with Gasteiger partial charge in [-0.1, -0.05) is 24.3 Å². The molecule has 0 fully saturated rings. The van der Waals surface area contributed by atoms with Crippen molar-refractivity contribution >= 4 is 5.91 Å². The second kappa shape index (κ2) is 8.26. The summed E-state index contributed by atoms with van der Waals surface area (Å²) in [6, 6.07) is 13.8. The Bertz CT molecular complexity index is 772. The fraction of sp³-hybridized carbons (Fsp3) is 0.409. The van der Waals surface area contributed by atoms with Crippen LogP contribution in [0.4, 0.5) is 0 Å². The molecule has 0 saturated heterocycles. The Labute approximate surface area is 155 Å². The average Bonchev–Trinajstić information content (AvgIpc) is 2.67. The molecule has 2 atom stereocenters. The van der Waals surface area contributed by atoms with Gasteiger partial charge in [-0.05, 0) is 68.4 Å². The molecule has 3 rings (SSSR count). The van der Waals surface area contributed by atoms with Crippen molar-refractivity contribution in [3.8, 4) is 11.5 Å². The molecule has 138 valence electrons. The van der Waals surface area contributed by atoms with Crippen molar-refractivity contribution in [2.75, 3.05) is 7.11 Å². The van der Waals surface area contributed by atoms with Crippen LogP contribution in [0.25, 0.3) is 0 Å². The van der Waals surface area contributed by atoms with Gasteiger partial charge in [-0.15, -0.1) is 0 Å². The Balaban J connectivity index is 1.61. The lowest BCUT2D eigenvalue weighted by atomic mass is 9.89. The summed E-state index contributed by atoms with van der Waals surface area (Å²) >= 11 is 0. The summed E-state index contributed by atoms with van der Waals surface area (Å²) in [4.78, 5) is 12.5. The minimum atomic E-state index is -0.581. The maximum Gasteiger partial charge on any atom is 0.261 e. The highest BCUT2D eigenvalue weighted by Gasteiger charge is 2.19. The zero-order valence-corrected chi connectivity index (χ0v) is 15.7. The van der Waals surface area contributed by atoms with Crippen molar-refractivity contribution in [1.82, 2.24) is 5.32 Å². The first-order valence-corrected chi connectivity index (χ1v) is 9.29. The number of ether oxygens (including phenoxy) is 2. The van der Waals surface area contributed by atoms with Crippen LogP contribution in [0.3, 0.4) is 0 Å². The highest BCUT2D eigenvalue weighted by molar-refractivity contribution is 5.81. The van der Waals surface area contributed by atoms with E-state index in [0.717, 1.165) is 12.0 Å². The molecule has 1 N–H and O–H groups in total. The van der Waals surface area contributed by atoms with Crippen LogP contribution in [0.5, 0.6) is 11.5 Å². The van der Waals surface area contributed by atoms with Gasteiger partial charge in [0.2, 0.25) is 0 Å². The molecule has 0 aliphatic heterocycles. The van der Waals surface area contributed by atoms with Gasteiger partial charge in [-0.2, -0.15) is 0 Å². The molecule has 0 heterocycles. The van der Waals surface area contributed by atoms with Crippen LogP contribution in [-0.4, -0.2) is 19.1 Å². The first kappa shape index (κ1) is 18.3. The maximum absolute atomic E-state index is 12.5. The first-order valence-electron chi connectivity index (χ1n) is 9.29. The molecule has 4 nitrogen and oxygen atoms in total. The van der Waals surface area contributed by atoms with Crippen LogP contribution < -0.4 is 14.8 Å². The number of carbonyl (C=O) groups is 1. The number of methoxy groups -OCH3 is 1. The molecule has 0 radical (unpaired) electrons. The summed E-state index contributed by atoms with van der Waals surface area (Å²) in [5, 5.41) is 3.06. The number of fused-ring (bicyclic) bond motifs is 1. The van der Waals surface area contributed by atoms with E-state index in [1.165, 1.54) is 30.4 Å². The third-order valence-electron chi connectivity index (χ3n) is 4.95. The summed E-state index contributed by atoms with van der Waals surface area (Å²) in [7, 11) is 1.61. The van der Waals surface area contributed by atoms with E-state index >= 15 is 0 Å². The Kier molecular flexibility index (Phi) is 5.82. The molecule has 0 bridgehead atoms. The molecule has 26 heavy (non-hydrogen) atoms. The van der Waals surface area contributed by atoms with Crippen molar-refractivity contribution in [3.05, 3.63) is 59.2 Å². The van der Waals surface area contributed by atoms with Gasteiger partial charge in [0.05, 0.1) is 13.2 Å². The van der Waals surface area contributed by atoms with E-state index in [4.69, 9.17) is 9.47 Å². The molecule has 2 aromatic rings. The standard InChI is InChI=1S/C22H27NO3/c1-15(18-12-11-17-7-4-5-8-19(17)13-18)23-22(24)16(2)26-21-10-6-9-20(14-21)25-3/h6,9-16H,4-5,7-8H2,1-3H3,(H,23,24). The van der Waals surface area contributed by atoms with Gasteiger partial charge in [0, 0.05) is 6.07 Å². The van der Waals surface area contributed by atoms with Crippen molar-refractivity contribution in [1.29, 1.82) is 0 Å². The fourth-order valence-electron chi connectivity index (χ4n) is 3.37. The van der Waals surface area contributed by atoms with E-state index in [-0.39, 0.29) is 11.9 Å². The molecule has 1 aliphatic rings. The number of rotatable bonds is 6. The third kappa shape index (κ3) is 4.37. The summed E-state index contributed by atoms with van der Waals surface area (Å²) in [6.07, 6.45) is 4.25. The van der Waals surface area contributed by atoms with Gasteiger partial charge < -0.3 is 14.8 Å². The number of benzene rings is 2. The minimum Gasteiger partial charge on any atom is -0.497 e. The maximum atomic E-state index is 12.5. The van der Waals surface area contributed by atoms with Gasteiger partial charge in [-0.25, -0.2) is 0 Å². The quantitative estimate of drug-likeness (QED) is 0.846. The lowest BCUT2D eigenvalue weighted by molar-refractivity contribution is -0.127. The largest absolute Gasteiger partial charge is 0.497 e. The van der Waals surface area contributed by atoms with Crippen LogP contribution >= 0.6 is 0 Å². The van der Waals surface area contributed by atoms with E-state index in [1.807, 2.05) is 25.1 Å². The number of hydrogen-bond acceptors (Lipinski definition) is 3. The van der Waals surface area contributed by atoms with Gasteiger partial charge >= 0.3 is 0 Å². The normalized spacial score (nSPS) is 15.5. The Morgan fingerprint density at radius 1 is 1.00 bits per heavy atom. The van der Waals surface area contributed by atoms with Crippen LogP contribution in [0.1, 0.15) is 49.4 Å². The van der Waals surface area contributed by atoms with Gasteiger partial charge in [0.25, 0.3) is 5.91 Å². The van der Waals surface area contributed by atoms with E-state index in [9.17, 15) is 4.79 Å². The van der Waals surface area contributed by atoms with Gasteiger partial charge in [0.1, 0.15) is 11.5 Å². The number of aryl methyl sites for hydroxylation is 2. The number of hydrogen-bond donors (Lipinski definition) is 1. The molecule has 2 aromatic carbocycles. The second-order valence-corrected chi connectivity index (χ2v) is 6.90. The summed E-state index contributed by atoms with van der Waals surface area (Å²) in [6.45, 7) is 3.77.